The van der Waals surface area contributed by atoms with E-state index in [2.05, 4.69) is 62.0 Å². The molecule has 122 heavy (non-hydrogen) atoms. The summed E-state index contributed by atoms with van der Waals surface area (Å²) in [6.45, 7) is 8.00. The summed E-state index contributed by atoms with van der Waals surface area (Å²) in [4.78, 5) is 161. The smallest absolute Gasteiger partial charge is 0.251 e. The highest BCUT2D eigenvalue weighted by Gasteiger charge is 2.38. The zero-order valence-electron chi connectivity index (χ0n) is 66.4. The number of aryl methyl sites for hydroxylation is 8. The lowest BCUT2D eigenvalue weighted by molar-refractivity contribution is 0.0812. The third-order valence-corrected chi connectivity index (χ3v) is 20.9. The number of carbonyl (C=O) groups is 10. The number of nitrogens with one attached hydrogen (secondary N) is 5. The molecule has 0 saturated heterocycles. The maximum Gasteiger partial charge on any atom is 0.251 e. The van der Waals surface area contributed by atoms with Crippen molar-refractivity contribution in [2.45, 2.75) is 73.0 Å². The van der Waals surface area contributed by atoms with Crippen LogP contribution in [0.1, 0.15) is 168 Å². The molecule has 20 rings (SSSR count). The van der Waals surface area contributed by atoms with Crippen LogP contribution in [0.4, 0.5) is 18.9 Å². The van der Waals surface area contributed by atoms with Crippen LogP contribution in [-0.4, -0.2) is 115 Å². The van der Waals surface area contributed by atoms with Gasteiger partial charge < -0.3 is 34.6 Å². The summed E-state index contributed by atoms with van der Waals surface area (Å²) < 4.78 is 44.2. The number of halogens is 3. The number of imidazole rings is 5. The zero-order chi connectivity index (χ0) is 85.6. The number of Topliss-reactive ketones (excluding diaryl/α,β-unsaturated/α-hetero) is 10. The SMILES string of the molecule is CCc1nc2c([nH]1)C(=O)C(=O)c1ccccc1-2.CN(Cc1nc2c([nH]1)C(=O)C(=O)c1ccccc1-2)c1ccccc1.Cc1cc(F)ccc1CCc1nc2c([nH]1)C(=O)C(=O)c1ccccc1-2.Cc1cc(F)ccc1OCc1nc2c([nH]1)C(=O)C(=O)c1ccccc1-2.Cc1cccc(F)c1.O=C1C(=O)c2[nH]c(CCc3ccccc3)nc2-c2ccccc21. The second kappa shape index (κ2) is 35.3. The molecule has 0 saturated carbocycles. The summed E-state index contributed by atoms with van der Waals surface area (Å²) >= 11 is 0. The van der Waals surface area contributed by atoms with Gasteiger partial charge >= 0.3 is 0 Å². The minimum atomic E-state index is -0.606. The highest BCUT2D eigenvalue weighted by atomic mass is 19.1. The first-order valence-corrected chi connectivity index (χ1v) is 39.0. The van der Waals surface area contributed by atoms with E-state index in [1.165, 1.54) is 48.0 Å². The molecule has 0 radical (unpaired) electrons. The molecule has 5 aliphatic carbocycles. The third kappa shape index (κ3) is 17.0. The Morgan fingerprint density at radius 1 is 0.311 bits per heavy atom. The molecule has 22 nitrogen and oxygen atoms in total. The van der Waals surface area contributed by atoms with Gasteiger partial charge in [-0.25, -0.2) is 38.1 Å². The minimum absolute atomic E-state index is 0.0725. The number of para-hydroxylation sites is 1. The van der Waals surface area contributed by atoms with Crippen molar-refractivity contribution in [2.75, 3.05) is 11.9 Å². The van der Waals surface area contributed by atoms with Crippen molar-refractivity contribution in [3.63, 3.8) is 0 Å². The van der Waals surface area contributed by atoms with Crippen LogP contribution in [0.15, 0.2) is 243 Å². The van der Waals surface area contributed by atoms with Gasteiger partial charge in [-0.2, -0.15) is 0 Å². The van der Waals surface area contributed by atoms with E-state index in [-0.39, 0.29) is 41.1 Å². The molecule has 15 aromatic rings. The number of ether oxygens (including phenoxy) is 1. The van der Waals surface area contributed by atoms with E-state index in [1.54, 1.807) is 97.9 Å². The van der Waals surface area contributed by atoms with Crippen molar-refractivity contribution in [1.29, 1.82) is 0 Å². The van der Waals surface area contributed by atoms with Crippen molar-refractivity contribution >= 4 is 63.5 Å². The van der Waals surface area contributed by atoms with Crippen molar-refractivity contribution in [1.82, 2.24) is 49.8 Å². The Bertz CT molecular complexity index is 6530. The number of H-pyrrole nitrogens is 5. The number of rotatable bonds is 13. The first-order chi connectivity index (χ1) is 59.0. The molecule has 0 unspecified atom stereocenters. The van der Waals surface area contributed by atoms with Gasteiger partial charge in [0.15, 0.2) is 0 Å². The molecule has 5 aromatic heterocycles. The van der Waals surface area contributed by atoms with E-state index < -0.39 is 57.8 Å². The van der Waals surface area contributed by atoms with Gasteiger partial charge in [0.1, 0.15) is 116 Å². The van der Waals surface area contributed by atoms with Gasteiger partial charge in [0.25, 0.3) is 28.9 Å². The molecule has 0 aliphatic heterocycles. The number of benzene rings is 10. The monoisotopic (exact) mass is 1630 g/mol. The fraction of sp³-hybridized carbons (Fsp3) is 0.124. The second-order valence-electron chi connectivity index (χ2n) is 29.2. The number of hydrogen-bond donors (Lipinski definition) is 5. The number of fused-ring (bicyclic) bond motifs is 15. The van der Waals surface area contributed by atoms with E-state index in [9.17, 15) is 61.1 Å². The summed E-state index contributed by atoms with van der Waals surface area (Å²) in [6.07, 6.45) is 3.47. The lowest BCUT2D eigenvalue weighted by atomic mass is 9.90. The van der Waals surface area contributed by atoms with Crippen LogP contribution in [-0.2, 0) is 45.3 Å². The number of ketones is 10. The fourth-order valence-electron chi connectivity index (χ4n) is 14.7. The number of carbonyl (C=O) groups excluding carboxylic acids is 10. The van der Waals surface area contributed by atoms with Gasteiger partial charge in [-0.15, -0.1) is 0 Å². The zero-order valence-corrected chi connectivity index (χ0v) is 66.4. The Balaban J connectivity index is 0.000000116. The first-order valence-electron chi connectivity index (χ1n) is 39.0. The van der Waals surface area contributed by atoms with Gasteiger partial charge in [0.2, 0.25) is 28.9 Å². The lowest BCUT2D eigenvalue weighted by Crippen LogP contribution is -2.21. The molecule has 604 valence electrons. The number of hydrogen-bond acceptors (Lipinski definition) is 17. The Labute approximate surface area is 695 Å². The van der Waals surface area contributed by atoms with E-state index >= 15 is 0 Å². The average Bonchev–Trinajstić information content (AvgIpc) is 1.58. The second-order valence-corrected chi connectivity index (χ2v) is 29.2. The quantitative estimate of drug-likeness (QED) is 0.0670. The highest BCUT2D eigenvalue weighted by Crippen LogP contribution is 2.38. The van der Waals surface area contributed by atoms with E-state index in [1.807, 2.05) is 130 Å². The number of anilines is 1. The highest BCUT2D eigenvalue weighted by molar-refractivity contribution is 6.55. The van der Waals surface area contributed by atoms with Crippen LogP contribution in [0.25, 0.3) is 56.3 Å². The molecule has 10 aromatic carbocycles. The number of aromatic nitrogens is 10. The summed E-state index contributed by atoms with van der Waals surface area (Å²) in [5.41, 5.74) is 15.4. The van der Waals surface area contributed by atoms with E-state index in [4.69, 9.17) is 4.74 Å². The molecular weight excluding hydrogens is 1550 g/mol. The first kappa shape index (κ1) is 81.5. The summed E-state index contributed by atoms with van der Waals surface area (Å²) in [6, 6.07) is 70.6. The van der Waals surface area contributed by atoms with Crippen molar-refractivity contribution in [2.24, 2.45) is 0 Å². The normalized spacial score (nSPS) is 12.7. The van der Waals surface area contributed by atoms with Crippen LogP contribution in [0, 0.1) is 38.2 Å². The summed E-state index contributed by atoms with van der Waals surface area (Å²) in [7, 11) is 1.96. The third-order valence-electron chi connectivity index (χ3n) is 20.9. The topological polar surface area (TPSA) is 327 Å². The van der Waals surface area contributed by atoms with Crippen LogP contribution in [0.2, 0.25) is 0 Å². The number of aromatic amines is 5. The molecule has 5 N–H and O–H groups in total. The van der Waals surface area contributed by atoms with Crippen LogP contribution >= 0.6 is 0 Å². The maximum atomic E-state index is 13.2. The van der Waals surface area contributed by atoms with E-state index in [0.717, 1.165) is 51.6 Å². The molecule has 0 amide bonds. The van der Waals surface area contributed by atoms with Crippen LogP contribution < -0.4 is 9.64 Å². The fourth-order valence-corrected chi connectivity index (χ4v) is 14.7. The predicted molar refractivity (Wildman–Crippen MR) is 450 cm³/mol. The average molecular weight is 1630 g/mol. The molecule has 0 atom stereocenters. The molecule has 5 aliphatic rings. The van der Waals surface area contributed by atoms with Gasteiger partial charge in [-0.05, 0) is 116 Å². The van der Waals surface area contributed by atoms with Crippen LogP contribution in [0.3, 0.4) is 0 Å². The van der Waals surface area contributed by atoms with Crippen molar-refractivity contribution in [3.05, 3.63) is 373 Å². The van der Waals surface area contributed by atoms with Crippen LogP contribution in [0.5, 0.6) is 5.75 Å². The summed E-state index contributed by atoms with van der Waals surface area (Å²) in [5.74, 6) is -2.18. The van der Waals surface area contributed by atoms with Gasteiger partial charge in [0, 0.05) is 87.6 Å². The predicted octanol–water partition coefficient (Wildman–Crippen LogP) is 17.7. The molecule has 0 spiro atoms. The number of nitrogens with zero attached hydrogens (tertiary/aromatic N) is 6. The van der Waals surface area contributed by atoms with Gasteiger partial charge in [0.05, 0.1) is 6.54 Å². The largest absolute Gasteiger partial charge is 0.485 e. The standard InChI is InChI=1S/C20H15FN2O2.C19H13FN2O3.C19H15N3O2.C19H14N2O2.C13H10N2O2.C7H7F/c1-11-10-13(21)8-6-12(11)7-9-16-22-17-14-4-2-3-5-15(14)19(24)20(25)18(17)23-16;1-10-8-11(20)6-7-14(10)25-9-15-21-16-12-4-2-3-5-13(12)18(23)19(24)17(16)22-15;1-22(12-7-3-2-4-8-12)11-15-20-16-13-9-5-6-10-14(13)18(23)19(24)17(16)21-15;22-18-14-9-5-4-8-13(14)16-17(19(18)23)21-15(20-16)11-10-12-6-2-1-3-7-12;1-2-9-14-10-7-5-3-4-6-8(7)12(16)13(17)11(10)15-9;1-6-3-2-4-7(8)5-6/h2-6,8,10H,7,9H2,1H3,(H,22,23);2-8H,9H2,1H3,(H,21,22);2-10H,11H2,1H3,(H,20,21);1-9H,10-11H2,(H,20,21);3-6H,2H2,1H3,(H,14,15);2-5H,1H3. The van der Waals surface area contributed by atoms with Crippen molar-refractivity contribution < 1.29 is 65.9 Å². The summed E-state index contributed by atoms with van der Waals surface area (Å²) in [5, 5.41) is 0. The Hall–Kier alpha value is -15.7. The lowest BCUT2D eigenvalue weighted by Gasteiger charge is -2.17. The Morgan fingerprint density at radius 3 is 1.04 bits per heavy atom. The molecule has 5 heterocycles. The van der Waals surface area contributed by atoms with Gasteiger partial charge in [-0.1, -0.05) is 195 Å². The molecule has 25 heteroatoms. The molecule has 0 fully saturated rings. The Kier molecular flexibility index (Phi) is 23.6. The van der Waals surface area contributed by atoms with Gasteiger partial charge in [-0.3, -0.25) is 47.9 Å². The molecule has 0 bridgehead atoms. The van der Waals surface area contributed by atoms with E-state index in [0.29, 0.717) is 145 Å². The minimum Gasteiger partial charge on any atom is -0.485 e. The maximum absolute atomic E-state index is 13.2. The van der Waals surface area contributed by atoms with Crippen molar-refractivity contribution in [3.8, 4) is 62.0 Å². The molecular formula is C97H74F3N11O11. The Morgan fingerprint density at radius 2 is 0.648 bits per heavy atom.